The lowest BCUT2D eigenvalue weighted by Crippen LogP contribution is -2.43. The Hall–Kier alpha value is -0.120. The summed E-state index contributed by atoms with van der Waals surface area (Å²) in [7, 11) is 0. The smallest absolute Gasteiger partial charge is 0.168 e. The molecule has 0 aromatic heterocycles. The maximum absolute atomic E-state index is 5.86. The summed E-state index contributed by atoms with van der Waals surface area (Å²) in [5.41, 5.74) is 6.45. The van der Waals surface area contributed by atoms with E-state index < -0.39 is 0 Å². The number of nitrogens with two attached hydrogens (primary N) is 1. The minimum absolute atomic E-state index is 0.238. The van der Waals surface area contributed by atoms with Gasteiger partial charge in [0.15, 0.2) is 5.79 Å². The molecule has 2 saturated carbocycles. The molecule has 0 amide bonds. The van der Waals surface area contributed by atoms with Crippen molar-refractivity contribution in [2.75, 3.05) is 19.8 Å². The predicted octanol–water partition coefficient (Wildman–Crippen LogP) is 1.27. The summed E-state index contributed by atoms with van der Waals surface area (Å²) in [6.07, 6.45) is 6.14. The van der Waals surface area contributed by atoms with Crippen LogP contribution in [0.4, 0.5) is 0 Å². The average Bonchev–Trinajstić information content (AvgIpc) is 2.86. The van der Waals surface area contributed by atoms with Gasteiger partial charge in [0, 0.05) is 12.8 Å². The van der Waals surface area contributed by atoms with E-state index in [1.165, 1.54) is 19.3 Å². The summed E-state index contributed by atoms with van der Waals surface area (Å²) in [5.74, 6) is 0.395. The fraction of sp³-hybridized carbons (Fsp3) is 1.00. The summed E-state index contributed by atoms with van der Waals surface area (Å²) in [5, 5.41) is 0. The lowest BCUT2D eigenvalue weighted by molar-refractivity contribution is -0.196. The van der Waals surface area contributed by atoms with Gasteiger partial charge in [0.05, 0.1) is 13.2 Å². The van der Waals surface area contributed by atoms with Crippen molar-refractivity contribution < 1.29 is 9.47 Å². The topological polar surface area (TPSA) is 44.5 Å². The zero-order valence-electron chi connectivity index (χ0n) is 8.63. The first-order valence-electron chi connectivity index (χ1n) is 5.77. The van der Waals surface area contributed by atoms with Crippen LogP contribution in [-0.2, 0) is 9.47 Å². The van der Waals surface area contributed by atoms with Gasteiger partial charge in [-0.25, -0.2) is 0 Å². The van der Waals surface area contributed by atoms with Crippen molar-refractivity contribution in [2.24, 2.45) is 17.1 Å². The van der Waals surface area contributed by atoms with Crippen LogP contribution in [0.2, 0.25) is 0 Å². The van der Waals surface area contributed by atoms with Crippen molar-refractivity contribution in [1.82, 2.24) is 0 Å². The third kappa shape index (κ3) is 1.23. The maximum atomic E-state index is 5.86. The highest BCUT2D eigenvalue weighted by Crippen LogP contribution is 2.61. The molecule has 2 N–H and O–H groups in total. The van der Waals surface area contributed by atoms with Crippen LogP contribution in [0.15, 0.2) is 0 Å². The van der Waals surface area contributed by atoms with Crippen molar-refractivity contribution in [3.8, 4) is 0 Å². The molecule has 0 unspecified atom stereocenters. The number of hydrogen-bond acceptors (Lipinski definition) is 3. The Balaban J connectivity index is 1.75. The van der Waals surface area contributed by atoms with E-state index in [1.807, 2.05) is 0 Å². The molecule has 3 fully saturated rings. The monoisotopic (exact) mass is 197 g/mol. The lowest BCUT2D eigenvalue weighted by atomic mass is 9.73. The first-order chi connectivity index (χ1) is 6.79. The van der Waals surface area contributed by atoms with Gasteiger partial charge in [-0.15, -0.1) is 0 Å². The largest absolute Gasteiger partial charge is 0.348 e. The van der Waals surface area contributed by atoms with E-state index in [1.54, 1.807) is 0 Å². The van der Waals surface area contributed by atoms with Crippen molar-refractivity contribution in [3.63, 3.8) is 0 Å². The summed E-state index contributed by atoms with van der Waals surface area (Å²) < 4.78 is 11.5. The quantitative estimate of drug-likeness (QED) is 0.688. The highest BCUT2D eigenvalue weighted by molar-refractivity contribution is 5.04. The molecule has 3 nitrogen and oxygen atoms in total. The maximum Gasteiger partial charge on any atom is 0.168 e. The standard InChI is InChI=1S/C11H19NO2/c12-8-9-7-11(13-5-6-14-11)4-3-10(9)1-2-10/h9H,1-8,12H2/t9-/m0/s1. The van der Waals surface area contributed by atoms with Crippen LogP contribution in [0.5, 0.6) is 0 Å². The van der Waals surface area contributed by atoms with Crippen LogP contribution in [0.1, 0.15) is 32.1 Å². The molecule has 0 radical (unpaired) electrons. The second kappa shape index (κ2) is 2.94. The lowest BCUT2D eigenvalue weighted by Gasteiger charge is -2.41. The second-order valence-corrected chi connectivity index (χ2v) is 5.11. The number of rotatable bonds is 1. The molecule has 14 heavy (non-hydrogen) atoms. The van der Waals surface area contributed by atoms with E-state index in [4.69, 9.17) is 15.2 Å². The minimum Gasteiger partial charge on any atom is -0.348 e. The Labute approximate surface area is 84.9 Å². The van der Waals surface area contributed by atoms with Crippen LogP contribution in [0.25, 0.3) is 0 Å². The van der Waals surface area contributed by atoms with Gasteiger partial charge in [0.2, 0.25) is 0 Å². The van der Waals surface area contributed by atoms with E-state index in [9.17, 15) is 0 Å². The Bertz CT molecular complexity index is 231. The molecule has 80 valence electrons. The molecular formula is C11H19NO2. The third-order valence-corrected chi connectivity index (χ3v) is 4.42. The molecule has 3 rings (SSSR count). The van der Waals surface area contributed by atoms with Gasteiger partial charge in [-0.05, 0) is 37.1 Å². The van der Waals surface area contributed by atoms with E-state index >= 15 is 0 Å². The van der Waals surface area contributed by atoms with Gasteiger partial charge < -0.3 is 15.2 Å². The van der Waals surface area contributed by atoms with E-state index in [-0.39, 0.29) is 5.79 Å². The molecule has 1 saturated heterocycles. The molecule has 1 aliphatic heterocycles. The first-order valence-corrected chi connectivity index (χ1v) is 5.77. The number of hydrogen-bond donors (Lipinski definition) is 1. The van der Waals surface area contributed by atoms with Gasteiger partial charge in [-0.1, -0.05) is 0 Å². The summed E-state index contributed by atoms with van der Waals surface area (Å²) in [6, 6.07) is 0. The Morgan fingerprint density at radius 2 is 1.71 bits per heavy atom. The molecule has 1 atom stereocenters. The summed E-state index contributed by atoms with van der Waals surface area (Å²) >= 11 is 0. The molecule has 3 aliphatic rings. The van der Waals surface area contributed by atoms with Crippen LogP contribution in [-0.4, -0.2) is 25.5 Å². The van der Waals surface area contributed by atoms with Crippen molar-refractivity contribution in [1.29, 1.82) is 0 Å². The van der Waals surface area contributed by atoms with E-state index in [2.05, 4.69) is 0 Å². The fourth-order valence-electron chi connectivity index (χ4n) is 3.25. The molecule has 0 aromatic rings. The molecule has 2 aliphatic carbocycles. The molecule has 3 heteroatoms. The molecule has 0 bridgehead atoms. The first kappa shape index (κ1) is 9.13. The summed E-state index contributed by atoms with van der Waals surface area (Å²) in [6.45, 7) is 2.34. The van der Waals surface area contributed by atoms with Crippen molar-refractivity contribution >= 4 is 0 Å². The Morgan fingerprint density at radius 1 is 1.07 bits per heavy atom. The van der Waals surface area contributed by atoms with Crippen LogP contribution >= 0.6 is 0 Å². The fourth-order valence-corrected chi connectivity index (χ4v) is 3.25. The van der Waals surface area contributed by atoms with Crippen LogP contribution in [0, 0.1) is 11.3 Å². The van der Waals surface area contributed by atoms with E-state index in [0.717, 1.165) is 32.6 Å². The van der Waals surface area contributed by atoms with E-state index in [0.29, 0.717) is 11.3 Å². The van der Waals surface area contributed by atoms with Gasteiger partial charge in [0.25, 0.3) is 0 Å². The van der Waals surface area contributed by atoms with Gasteiger partial charge in [-0.3, -0.25) is 0 Å². The highest BCUT2D eigenvalue weighted by Gasteiger charge is 2.56. The van der Waals surface area contributed by atoms with Gasteiger partial charge in [0.1, 0.15) is 0 Å². The zero-order chi connectivity index (χ0) is 9.65. The van der Waals surface area contributed by atoms with Crippen molar-refractivity contribution in [2.45, 2.75) is 37.9 Å². The molecule has 0 aromatic carbocycles. The highest BCUT2D eigenvalue weighted by atomic mass is 16.7. The van der Waals surface area contributed by atoms with Gasteiger partial charge >= 0.3 is 0 Å². The predicted molar refractivity (Wildman–Crippen MR) is 52.7 cm³/mol. The van der Waals surface area contributed by atoms with Crippen LogP contribution in [0.3, 0.4) is 0 Å². The Kier molecular flexibility index (Phi) is 1.92. The average molecular weight is 197 g/mol. The summed E-state index contributed by atoms with van der Waals surface area (Å²) in [4.78, 5) is 0. The SMILES string of the molecule is NC[C@@H]1CC2(CCC13CC3)OCCO2. The molecular weight excluding hydrogens is 178 g/mol. The third-order valence-electron chi connectivity index (χ3n) is 4.42. The minimum atomic E-state index is -0.238. The van der Waals surface area contributed by atoms with Crippen LogP contribution < -0.4 is 5.73 Å². The van der Waals surface area contributed by atoms with Crippen molar-refractivity contribution in [3.05, 3.63) is 0 Å². The Morgan fingerprint density at radius 3 is 2.29 bits per heavy atom. The molecule has 1 heterocycles. The number of ether oxygens (including phenoxy) is 2. The van der Waals surface area contributed by atoms with Gasteiger partial charge in [-0.2, -0.15) is 0 Å². The zero-order valence-corrected chi connectivity index (χ0v) is 8.63. The molecule has 2 spiro atoms. The normalized spacial score (nSPS) is 37.9. The second-order valence-electron chi connectivity index (χ2n) is 5.11.